The summed E-state index contributed by atoms with van der Waals surface area (Å²) in [4.78, 5) is 24.1. The molecule has 0 spiro atoms. The average Bonchev–Trinajstić information content (AvgIpc) is 2.78. The molecule has 0 atom stereocenters. The van der Waals surface area contributed by atoms with Gasteiger partial charge in [0.1, 0.15) is 6.61 Å². The van der Waals surface area contributed by atoms with Crippen molar-refractivity contribution in [2.75, 3.05) is 19.5 Å². The molecule has 30 heavy (non-hydrogen) atoms. The van der Waals surface area contributed by atoms with E-state index < -0.39 is 5.97 Å². The Morgan fingerprint density at radius 3 is 2.17 bits per heavy atom. The fourth-order valence-corrected chi connectivity index (χ4v) is 2.81. The number of nitrogens with one attached hydrogen (secondary N) is 1. The molecule has 0 aliphatic rings. The first-order chi connectivity index (χ1) is 14.5. The van der Waals surface area contributed by atoms with E-state index in [1.54, 1.807) is 54.6 Å². The second kappa shape index (κ2) is 9.80. The van der Waals surface area contributed by atoms with Gasteiger partial charge in [0.2, 0.25) is 0 Å². The fourth-order valence-electron chi connectivity index (χ4n) is 2.68. The van der Waals surface area contributed by atoms with Crippen LogP contribution < -0.4 is 14.8 Å². The molecule has 0 aliphatic heterocycles. The van der Waals surface area contributed by atoms with Crippen LogP contribution in [-0.4, -0.2) is 26.1 Å². The lowest BCUT2D eigenvalue weighted by molar-refractivity contribution is 0.0600. The van der Waals surface area contributed by atoms with Gasteiger partial charge >= 0.3 is 5.97 Å². The minimum Gasteiger partial charge on any atom is -0.493 e. The van der Waals surface area contributed by atoms with Gasteiger partial charge in [-0.2, -0.15) is 0 Å². The number of hydrogen-bond acceptors (Lipinski definition) is 5. The van der Waals surface area contributed by atoms with Crippen LogP contribution in [0.5, 0.6) is 11.5 Å². The van der Waals surface area contributed by atoms with Crippen LogP contribution in [0.25, 0.3) is 0 Å². The Balaban J connectivity index is 1.67. The molecule has 1 N–H and O–H groups in total. The molecule has 7 heteroatoms. The number of carbonyl (C=O) groups is 2. The van der Waals surface area contributed by atoms with Crippen molar-refractivity contribution in [3.8, 4) is 11.5 Å². The smallest absolute Gasteiger partial charge is 0.337 e. The topological polar surface area (TPSA) is 73.9 Å². The van der Waals surface area contributed by atoms with Crippen molar-refractivity contribution in [1.29, 1.82) is 0 Å². The van der Waals surface area contributed by atoms with E-state index in [0.29, 0.717) is 39.9 Å². The number of hydrogen-bond donors (Lipinski definition) is 1. The Hall–Kier alpha value is -3.51. The maximum Gasteiger partial charge on any atom is 0.337 e. The number of anilines is 1. The summed E-state index contributed by atoms with van der Waals surface area (Å²) in [6, 6.07) is 18.7. The third kappa shape index (κ3) is 5.30. The summed E-state index contributed by atoms with van der Waals surface area (Å²) >= 11 is 5.89. The highest BCUT2D eigenvalue weighted by Gasteiger charge is 2.12. The molecule has 0 aliphatic carbocycles. The molecule has 0 radical (unpaired) electrons. The molecule has 0 saturated carbocycles. The van der Waals surface area contributed by atoms with Crippen LogP contribution in [0.4, 0.5) is 5.69 Å². The van der Waals surface area contributed by atoms with E-state index in [0.717, 1.165) is 5.56 Å². The van der Waals surface area contributed by atoms with Crippen LogP contribution in [0, 0.1) is 0 Å². The Labute approximate surface area is 179 Å². The largest absolute Gasteiger partial charge is 0.493 e. The van der Waals surface area contributed by atoms with Gasteiger partial charge in [-0.15, -0.1) is 0 Å². The van der Waals surface area contributed by atoms with Crippen molar-refractivity contribution in [3.05, 3.63) is 88.4 Å². The number of halogens is 1. The van der Waals surface area contributed by atoms with Crippen molar-refractivity contribution < 1.29 is 23.8 Å². The minimum absolute atomic E-state index is 0.316. The Bertz CT molecular complexity index is 1030. The summed E-state index contributed by atoms with van der Waals surface area (Å²) in [5, 5.41) is 3.44. The maximum atomic E-state index is 12.6. The van der Waals surface area contributed by atoms with E-state index in [1.165, 1.54) is 14.2 Å². The van der Waals surface area contributed by atoms with E-state index in [-0.39, 0.29) is 5.91 Å². The zero-order chi connectivity index (χ0) is 21.5. The third-order valence-electron chi connectivity index (χ3n) is 4.30. The Morgan fingerprint density at radius 1 is 0.867 bits per heavy atom. The highest BCUT2D eigenvalue weighted by Crippen LogP contribution is 2.29. The fraction of sp³-hybridized carbons (Fsp3) is 0.130. The molecule has 154 valence electrons. The van der Waals surface area contributed by atoms with E-state index in [2.05, 4.69) is 10.1 Å². The van der Waals surface area contributed by atoms with Crippen molar-refractivity contribution in [2.45, 2.75) is 6.61 Å². The molecule has 0 saturated heterocycles. The quantitative estimate of drug-likeness (QED) is 0.541. The molecule has 3 aromatic rings. The maximum absolute atomic E-state index is 12.6. The molecule has 0 fully saturated rings. The van der Waals surface area contributed by atoms with Crippen molar-refractivity contribution in [3.63, 3.8) is 0 Å². The number of amides is 1. The van der Waals surface area contributed by atoms with Crippen molar-refractivity contribution in [1.82, 2.24) is 0 Å². The molecular weight excluding hydrogens is 406 g/mol. The molecule has 6 nitrogen and oxygen atoms in total. The number of carbonyl (C=O) groups excluding carboxylic acids is 2. The third-order valence-corrected chi connectivity index (χ3v) is 4.55. The molecular formula is C23H20ClNO5. The highest BCUT2D eigenvalue weighted by atomic mass is 35.5. The monoisotopic (exact) mass is 425 g/mol. The number of rotatable bonds is 7. The van der Waals surface area contributed by atoms with Crippen LogP contribution in [0.1, 0.15) is 26.3 Å². The molecule has 3 aromatic carbocycles. The standard InChI is InChI=1S/C23H20ClNO5/c1-28-21-13-17(7-12-20(21)30-14-15-3-8-18(24)9-4-15)22(26)25-19-10-5-16(6-11-19)23(27)29-2/h3-13H,14H2,1-2H3,(H,25,26). The number of methoxy groups -OCH3 is 2. The van der Waals surface area contributed by atoms with Crippen LogP contribution in [0.15, 0.2) is 66.7 Å². The SMILES string of the molecule is COC(=O)c1ccc(NC(=O)c2ccc(OCc3ccc(Cl)cc3)c(OC)c2)cc1. The van der Waals surface area contributed by atoms with Crippen LogP contribution >= 0.6 is 11.6 Å². The summed E-state index contributed by atoms with van der Waals surface area (Å²) in [5.74, 6) is 0.208. The highest BCUT2D eigenvalue weighted by molar-refractivity contribution is 6.30. The van der Waals surface area contributed by atoms with Gasteiger partial charge < -0.3 is 19.5 Å². The second-order valence-electron chi connectivity index (χ2n) is 6.30. The van der Waals surface area contributed by atoms with Gasteiger partial charge in [-0.3, -0.25) is 4.79 Å². The average molecular weight is 426 g/mol. The van der Waals surface area contributed by atoms with E-state index in [4.69, 9.17) is 21.1 Å². The van der Waals surface area contributed by atoms with E-state index in [1.807, 2.05) is 12.1 Å². The lowest BCUT2D eigenvalue weighted by Crippen LogP contribution is -2.12. The molecule has 0 unspecified atom stereocenters. The van der Waals surface area contributed by atoms with Gasteiger partial charge in [-0.1, -0.05) is 23.7 Å². The lowest BCUT2D eigenvalue weighted by atomic mass is 10.1. The number of ether oxygens (including phenoxy) is 3. The van der Waals surface area contributed by atoms with E-state index >= 15 is 0 Å². The first-order valence-corrected chi connectivity index (χ1v) is 9.43. The van der Waals surface area contributed by atoms with Crippen LogP contribution in [0.3, 0.4) is 0 Å². The summed E-state index contributed by atoms with van der Waals surface area (Å²) in [5.41, 5.74) is 2.32. The van der Waals surface area contributed by atoms with Crippen LogP contribution in [0.2, 0.25) is 5.02 Å². The summed E-state index contributed by atoms with van der Waals surface area (Å²) in [6.45, 7) is 0.339. The minimum atomic E-state index is -0.438. The number of benzene rings is 3. The normalized spacial score (nSPS) is 10.2. The zero-order valence-electron chi connectivity index (χ0n) is 16.5. The molecule has 0 bridgehead atoms. The predicted octanol–water partition coefficient (Wildman–Crippen LogP) is 4.97. The van der Waals surface area contributed by atoms with Gasteiger partial charge in [0.05, 0.1) is 19.8 Å². The van der Waals surface area contributed by atoms with Gasteiger partial charge in [-0.25, -0.2) is 4.79 Å². The summed E-state index contributed by atoms with van der Waals surface area (Å²) in [7, 11) is 2.83. The predicted molar refractivity (Wildman–Crippen MR) is 115 cm³/mol. The second-order valence-corrected chi connectivity index (χ2v) is 6.74. The van der Waals surface area contributed by atoms with Gasteiger partial charge in [0, 0.05) is 16.3 Å². The van der Waals surface area contributed by atoms with Crippen LogP contribution in [-0.2, 0) is 11.3 Å². The van der Waals surface area contributed by atoms with Gasteiger partial charge in [0.25, 0.3) is 5.91 Å². The first-order valence-electron chi connectivity index (χ1n) is 9.05. The Kier molecular flexibility index (Phi) is 6.93. The first kappa shape index (κ1) is 21.2. The Morgan fingerprint density at radius 2 is 1.53 bits per heavy atom. The molecule has 0 heterocycles. The lowest BCUT2D eigenvalue weighted by Gasteiger charge is -2.13. The van der Waals surface area contributed by atoms with Crippen molar-refractivity contribution >= 4 is 29.2 Å². The summed E-state index contributed by atoms with van der Waals surface area (Å²) < 4.78 is 15.8. The van der Waals surface area contributed by atoms with Crippen molar-refractivity contribution in [2.24, 2.45) is 0 Å². The summed E-state index contributed by atoms with van der Waals surface area (Å²) in [6.07, 6.45) is 0. The zero-order valence-corrected chi connectivity index (χ0v) is 17.2. The van der Waals surface area contributed by atoms with E-state index in [9.17, 15) is 9.59 Å². The van der Waals surface area contributed by atoms with Gasteiger partial charge in [0.15, 0.2) is 11.5 Å². The molecule has 0 aromatic heterocycles. The molecule has 3 rings (SSSR count). The van der Waals surface area contributed by atoms with Gasteiger partial charge in [-0.05, 0) is 60.2 Å². The molecule has 1 amide bonds. The number of esters is 1.